The van der Waals surface area contributed by atoms with Crippen LogP contribution in [0.1, 0.15) is 6.42 Å². The van der Waals surface area contributed by atoms with Crippen LogP contribution in [0.2, 0.25) is 0 Å². The molecule has 6 nitrogen and oxygen atoms in total. The maximum absolute atomic E-state index is 9.81. The van der Waals surface area contributed by atoms with Gasteiger partial charge in [-0.05, 0) is 0 Å². The van der Waals surface area contributed by atoms with Crippen molar-refractivity contribution in [1.82, 2.24) is 4.57 Å². The van der Waals surface area contributed by atoms with Crippen LogP contribution in [0.5, 0.6) is 0 Å². The van der Waals surface area contributed by atoms with E-state index in [4.69, 9.17) is 4.74 Å². The molecular formula is C13H22N2O4. The number of allylic oxidation sites excluding steroid dienone is 1. The highest BCUT2D eigenvalue weighted by Crippen LogP contribution is 1.82. The van der Waals surface area contributed by atoms with E-state index in [0.717, 1.165) is 6.54 Å². The fourth-order valence-electron chi connectivity index (χ4n) is 1.16. The minimum atomic E-state index is -1.09. The fourth-order valence-corrected chi connectivity index (χ4v) is 1.16. The predicted molar refractivity (Wildman–Crippen MR) is 68.1 cm³/mol. The van der Waals surface area contributed by atoms with Crippen molar-refractivity contribution in [1.29, 1.82) is 0 Å². The van der Waals surface area contributed by atoms with Crippen LogP contribution in [0, 0.1) is 0 Å². The van der Waals surface area contributed by atoms with Gasteiger partial charge in [0.2, 0.25) is 6.33 Å². The number of aliphatic carboxylic acids is 1. The van der Waals surface area contributed by atoms with Crippen LogP contribution >= 0.6 is 0 Å². The Hall–Kier alpha value is -1.66. The molecule has 0 spiro atoms. The van der Waals surface area contributed by atoms with Crippen LogP contribution < -0.4 is 9.67 Å². The van der Waals surface area contributed by atoms with E-state index in [1.165, 1.54) is 0 Å². The van der Waals surface area contributed by atoms with Gasteiger partial charge in [0.25, 0.3) is 0 Å². The van der Waals surface area contributed by atoms with E-state index in [1.54, 1.807) is 7.11 Å². The van der Waals surface area contributed by atoms with Gasteiger partial charge in [0, 0.05) is 19.5 Å². The zero-order valence-electron chi connectivity index (χ0n) is 11.6. The first kappa shape index (κ1) is 17.3. The molecule has 6 heteroatoms. The molecule has 1 rings (SSSR count). The molecule has 1 aromatic heterocycles. The maximum Gasteiger partial charge on any atom is 0.243 e. The molecule has 1 aromatic rings. The van der Waals surface area contributed by atoms with Crippen molar-refractivity contribution in [2.75, 3.05) is 26.9 Å². The summed E-state index contributed by atoms with van der Waals surface area (Å²) in [5.74, 6) is -1.09. The Labute approximate surface area is 113 Å². The van der Waals surface area contributed by atoms with Crippen molar-refractivity contribution in [3.8, 4) is 0 Å². The highest BCUT2D eigenvalue weighted by atomic mass is 16.5. The summed E-state index contributed by atoms with van der Waals surface area (Å²) in [4.78, 5) is 9.81. The van der Waals surface area contributed by atoms with Gasteiger partial charge in [0.05, 0.1) is 26.9 Å². The molecule has 0 amide bonds. The van der Waals surface area contributed by atoms with Crippen molar-refractivity contribution in [2.45, 2.75) is 13.0 Å². The number of hydrogen-bond acceptors (Lipinski definition) is 4. The quantitative estimate of drug-likeness (QED) is 0.355. The number of carboxylic acids is 1. The topological polar surface area (TPSA) is 67.4 Å². The average molecular weight is 270 g/mol. The molecule has 108 valence electrons. The number of carbonyl (C=O) groups excluding carboxylic acids is 1. The van der Waals surface area contributed by atoms with Crippen molar-refractivity contribution in [3.05, 3.63) is 31.4 Å². The number of carbonyl (C=O) groups is 1. The Morgan fingerprint density at radius 1 is 1.47 bits per heavy atom. The van der Waals surface area contributed by atoms with Gasteiger partial charge in [-0.25, -0.2) is 9.13 Å². The van der Waals surface area contributed by atoms with Gasteiger partial charge in [-0.2, -0.15) is 0 Å². The van der Waals surface area contributed by atoms with Gasteiger partial charge < -0.3 is 19.4 Å². The van der Waals surface area contributed by atoms with Crippen LogP contribution in [0.3, 0.4) is 0 Å². The third-order valence-corrected chi connectivity index (χ3v) is 2.05. The summed E-state index contributed by atoms with van der Waals surface area (Å²) in [7, 11) is 3.56. The number of rotatable bonds is 8. The molecule has 0 aromatic carbocycles. The lowest BCUT2D eigenvalue weighted by atomic mass is 10.5. The van der Waals surface area contributed by atoms with E-state index < -0.39 is 5.97 Å². The van der Waals surface area contributed by atoms with E-state index in [-0.39, 0.29) is 13.0 Å². The van der Waals surface area contributed by atoms with Crippen molar-refractivity contribution in [3.63, 3.8) is 0 Å². The zero-order valence-corrected chi connectivity index (χ0v) is 11.6. The van der Waals surface area contributed by atoms with Crippen molar-refractivity contribution in [2.24, 2.45) is 7.05 Å². The van der Waals surface area contributed by atoms with Gasteiger partial charge in [-0.15, -0.1) is 0 Å². The highest BCUT2D eigenvalue weighted by Gasteiger charge is 1.93. The summed E-state index contributed by atoms with van der Waals surface area (Å²) in [6, 6.07) is 0. The molecule has 0 radical (unpaired) electrons. The first-order valence-electron chi connectivity index (χ1n) is 5.98. The van der Waals surface area contributed by atoms with Gasteiger partial charge in [-0.1, -0.05) is 12.7 Å². The second-order valence-electron chi connectivity index (χ2n) is 3.79. The first-order chi connectivity index (χ1) is 9.10. The SMILES string of the molecule is C=CCn1cc[n+](C)c1.COCCOCCC(=O)[O-]. The van der Waals surface area contributed by atoms with Crippen LogP contribution in [0.4, 0.5) is 0 Å². The van der Waals surface area contributed by atoms with E-state index >= 15 is 0 Å². The second kappa shape index (κ2) is 11.4. The zero-order chi connectivity index (χ0) is 14.5. The average Bonchev–Trinajstić information content (AvgIpc) is 2.76. The molecule has 0 bridgehead atoms. The summed E-state index contributed by atoms with van der Waals surface area (Å²) in [6.45, 7) is 5.65. The Balaban J connectivity index is 0.000000342. The van der Waals surface area contributed by atoms with Crippen LogP contribution in [0.25, 0.3) is 0 Å². The summed E-state index contributed by atoms with van der Waals surface area (Å²) >= 11 is 0. The third kappa shape index (κ3) is 11.2. The van der Waals surface area contributed by atoms with E-state index in [9.17, 15) is 9.90 Å². The third-order valence-electron chi connectivity index (χ3n) is 2.05. The van der Waals surface area contributed by atoms with Crippen LogP contribution in [-0.2, 0) is 27.9 Å². The standard InChI is InChI=1S/C7H11N2.C6H12O4/c1-3-4-9-6-5-8(2)7-9;1-9-4-5-10-3-2-6(7)8/h3,5-7H,1,4H2,2H3;2-5H2,1H3,(H,7,8)/q+1;/p-1. The summed E-state index contributed by atoms with van der Waals surface area (Å²) in [5, 5.41) is 9.81. The number of ether oxygens (including phenoxy) is 2. The number of methoxy groups -OCH3 is 1. The van der Waals surface area contributed by atoms with Gasteiger partial charge in [-0.3, -0.25) is 0 Å². The Morgan fingerprint density at radius 3 is 2.68 bits per heavy atom. The fraction of sp³-hybridized carbons (Fsp3) is 0.538. The summed E-state index contributed by atoms with van der Waals surface area (Å²) < 4.78 is 13.6. The number of hydrogen-bond donors (Lipinski definition) is 0. The number of carboxylic acid groups (broad SMARTS) is 1. The largest absolute Gasteiger partial charge is 0.550 e. The summed E-state index contributed by atoms with van der Waals surface area (Å²) in [5.41, 5.74) is 0. The molecule has 19 heavy (non-hydrogen) atoms. The molecule has 0 aliphatic heterocycles. The predicted octanol–water partition coefficient (Wildman–Crippen LogP) is -0.712. The molecule has 0 fully saturated rings. The first-order valence-corrected chi connectivity index (χ1v) is 5.98. The Bertz CT molecular complexity index is 363. The lowest BCUT2D eigenvalue weighted by molar-refractivity contribution is -0.671. The Morgan fingerprint density at radius 2 is 2.21 bits per heavy atom. The molecule has 1 heterocycles. The lowest BCUT2D eigenvalue weighted by Crippen LogP contribution is -2.23. The van der Waals surface area contributed by atoms with Crippen molar-refractivity contribution >= 4 is 5.97 Å². The maximum atomic E-state index is 9.81. The molecule has 0 aliphatic rings. The molecule has 0 saturated carbocycles. The smallest absolute Gasteiger partial charge is 0.243 e. The molecule has 0 unspecified atom stereocenters. The number of imidazole rings is 1. The van der Waals surface area contributed by atoms with E-state index in [2.05, 4.69) is 15.9 Å². The minimum absolute atomic E-state index is 0.0519. The molecule has 0 saturated heterocycles. The highest BCUT2D eigenvalue weighted by molar-refractivity contribution is 5.64. The summed E-state index contributed by atoms with van der Waals surface area (Å²) in [6.07, 6.45) is 7.86. The minimum Gasteiger partial charge on any atom is -0.550 e. The van der Waals surface area contributed by atoms with Gasteiger partial charge in [0.15, 0.2) is 0 Å². The molecule has 0 atom stereocenters. The molecular weight excluding hydrogens is 248 g/mol. The van der Waals surface area contributed by atoms with E-state index in [1.807, 2.05) is 36.4 Å². The monoisotopic (exact) mass is 270 g/mol. The van der Waals surface area contributed by atoms with Gasteiger partial charge in [0.1, 0.15) is 18.9 Å². The lowest BCUT2D eigenvalue weighted by Gasteiger charge is -2.02. The molecule has 0 N–H and O–H groups in total. The van der Waals surface area contributed by atoms with Crippen LogP contribution in [-0.4, -0.2) is 37.5 Å². The number of aromatic nitrogens is 2. The van der Waals surface area contributed by atoms with Crippen LogP contribution in [0.15, 0.2) is 31.4 Å². The number of aryl methyl sites for hydroxylation is 1. The second-order valence-corrected chi connectivity index (χ2v) is 3.79. The number of nitrogens with zero attached hydrogens (tertiary/aromatic N) is 2. The molecule has 0 aliphatic carbocycles. The van der Waals surface area contributed by atoms with Crippen molar-refractivity contribution < 1.29 is 23.9 Å². The van der Waals surface area contributed by atoms with E-state index in [0.29, 0.717) is 13.2 Å². The normalized spacial score (nSPS) is 9.58. The Kier molecular flexibility index (Phi) is 10.4. The van der Waals surface area contributed by atoms with Gasteiger partial charge >= 0.3 is 0 Å².